The minimum atomic E-state index is -0.281. The van der Waals surface area contributed by atoms with Crippen molar-refractivity contribution in [2.75, 3.05) is 13.1 Å². The van der Waals surface area contributed by atoms with Gasteiger partial charge in [-0.25, -0.2) is 4.39 Å². The Morgan fingerprint density at radius 1 is 0.875 bits per heavy atom. The average molecular weight is 393 g/mol. The lowest BCUT2D eigenvalue weighted by Crippen LogP contribution is -2.38. The van der Waals surface area contributed by atoms with Crippen molar-refractivity contribution in [1.82, 2.24) is 10.6 Å². The number of carbonyl (C=O) groups is 2. The van der Waals surface area contributed by atoms with E-state index in [-0.39, 0.29) is 30.6 Å². The molecule has 0 unspecified atom stereocenters. The Hall–Kier alpha value is -2.21. The van der Waals surface area contributed by atoms with Crippen LogP contribution in [0.15, 0.2) is 53.0 Å². The molecule has 0 spiro atoms. The summed E-state index contributed by atoms with van der Waals surface area (Å²) in [6.45, 7) is 0.381. The second-order valence-corrected chi connectivity index (χ2v) is 6.22. The largest absolute Gasteiger partial charge is 0.354 e. The number of benzene rings is 2. The van der Waals surface area contributed by atoms with Crippen LogP contribution in [0, 0.1) is 5.82 Å². The quantitative estimate of drug-likeness (QED) is 0.760. The molecule has 0 saturated heterocycles. The van der Waals surface area contributed by atoms with E-state index < -0.39 is 0 Å². The van der Waals surface area contributed by atoms with Gasteiger partial charge in [0.1, 0.15) is 5.82 Å². The molecule has 0 saturated carbocycles. The van der Waals surface area contributed by atoms with E-state index in [0.717, 1.165) is 15.6 Å². The van der Waals surface area contributed by atoms with Gasteiger partial charge in [-0.2, -0.15) is 0 Å². The molecule has 4 nitrogen and oxygen atoms in total. The molecule has 0 aliphatic carbocycles. The number of nitrogens with one attached hydrogen (secondary N) is 2. The van der Waals surface area contributed by atoms with Gasteiger partial charge in [0.25, 0.3) is 0 Å². The highest BCUT2D eigenvalue weighted by Gasteiger charge is 2.06. The summed E-state index contributed by atoms with van der Waals surface area (Å²) < 4.78 is 13.7. The summed E-state index contributed by atoms with van der Waals surface area (Å²) in [5, 5.41) is 5.31. The Bertz CT molecular complexity index is 687. The third-order valence-electron chi connectivity index (χ3n) is 3.37. The second-order valence-electron chi connectivity index (χ2n) is 5.31. The van der Waals surface area contributed by atoms with Crippen molar-refractivity contribution in [3.05, 3.63) is 69.9 Å². The zero-order chi connectivity index (χ0) is 17.4. The molecule has 0 aliphatic heterocycles. The van der Waals surface area contributed by atoms with Gasteiger partial charge in [0.2, 0.25) is 11.8 Å². The Morgan fingerprint density at radius 2 is 1.50 bits per heavy atom. The van der Waals surface area contributed by atoms with Crippen LogP contribution in [0.3, 0.4) is 0 Å². The molecule has 2 aromatic carbocycles. The van der Waals surface area contributed by atoms with Crippen molar-refractivity contribution in [2.45, 2.75) is 12.8 Å². The summed E-state index contributed by atoms with van der Waals surface area (Å²) >= 11 is 3.33. The minimum absolute atomic E-state index is 0.0568. The van der Waals surface area contributed by atoms with Crippen LogP contribution in [0.5, 0.6) is 0 Å². The van der Waals surface area contributed by atoms with Crippen LogP contribution in [0.1, 0.15) is 11.1 Å². The van der Waals surface area contributed by atoms with E-state index in [1.165, 1.54) is 12.1 Å². The van der Waals surface area contributed by atoms with E-state index in [9.17, 15) is 14.0 Å². The molecule has 0 aliphatic rings. The Balaban J connectivity index is 1.64. The predicted molar refractivity (Wildman–Crippen MR) is 94.0 cm³/mol. The second kappa shape index (κ2) is 9.17. The van der Waals surface area contributed by atoms with E-state index in [4.69, 9.17) is 0 Å². The number of hydrogen-bond acceptors (Lipinski definition) is 2. The van der Waals surface area contributed by atoms with Crippen LogP contribution in [-0.2, 0) is 22.4 Å². The topological polar surface area (TPSA) is 58.2 Å². The highest BCUT2D eigenvalue weighted by atomic mass is 79.9. The zero-order valence-electron chi connectivity index (χ0n) is 13.0. The van der Waals surface area contributed by atoms with Gasteiger partial charge in [-0.15, -0.1) is 0 Å². The molecule has 0 fully saturated rings. The lowest BCUT2D eigenvalue weighted by molar-refractivity contribution is -0.125. The summed E-state index contributed by atoms with van der Waals surface area (Å²) in [4.78, 5) is 23.5. The van der Waals surface area contributed by atoms with Crippen LogP contribution in [0.2, 0.25) is 0 Å². The highest BCUT2D eigenvalue weighted by Crippen LogP contribution is 2.10. The third kappa shape index (κ3) is 6.50. The molecule has 6 heteroatoms. The Labute approximate surface area is 148 Å². The zero-order valence-corrected chi connectivity index (χ0v) is 14.6. The molecule has 2 N–H and O–H groups in total. The van der Waals surface area contributed by atoms with Crippen LogP contribution in [-0.4, -0.2) is 24.9 Å². The molecule has 2 amide bonds. The van der Waals surface area contributed by atoms with Gasteiger partial charge in [0.15, 0.2) is 0 Å². The number of amides is 2. The van der Waals surface area contributed by atoms with Crippen LogP contribution < -0.4 is 10.6 Å². The van der Waals surface area contributed by atoms with Gasteiger partial charge >= 0.3 is 0 Å². The molecule has 0 atom stereocenters. The molecule has 2 aromatic rings. The maximum absolute atomic E-state index is 12.8. The first-order valence-corrected chi connectivity index (χ1v) is 8.34. The number of halogens is 2. The summed E-state index contributed by atoms with van der Waals surface area (Å²) in [6, 6.07) is 13.6. The van der Waals surface area contributed by atoms with Crippen molar-refractivity contribution in [3.8, 4) is 0 Å². The molecule has 24 heavy (non-hydrogen) atoms. The normalized spacial score (nSPS) is 10.2. The van der Waals surface area contributed by atoms with Gasteiger partial charge in [-0.05, 0) is 41.8 Å². The number of rotatable bonds is 7. The highest BCUT2D eigenvalue weighted by molar-refractivity contribution is 9.10. The summed E-state index contributed by atoms with van der Waals surface area (Å²) in [5.41, 5.74) is 1.82. The van der Waals surface area contributed by atoms with Gasteiger partial charge in [-0.3, -0.25) is 9.59 Å². The third-order valence-corrected chi connectivity index (χ3v) is 3.90. The SMILES string of the molecule is O=C(CNC(=O)Cc1ccc(Br)cc1)NCCc1ccc(F)cc1. The smallest absolute Gasteiger partial charge is 0.239 e. The molecule has 0 radical (unpaired) electrons. The van der Waals surface area contributed by atoms with Crippen molar-refractivity contribution < 1.29 is 14.0 Å². The molecule has 0 heterocycles. The first-order chi connectivity index (χ1) is 11.5. The van der Waals surface area contributed by atoms with Crippen molar-refractivity contribution in [2.24, 2.45) is 0 Å². The summed E-state index contributed by atoms with van der Waals surface area (Å²) in [6.07, 6.45) is 0.842. The van der Waals surface area contributed by atoms with E-state index in [1.807, 2.05) is 24.3 Å². The number of hydrogen-bond donors (Lipinski definition) is 2. The molecular formula is C18H18BrFN2O2. The number of carbonyl (C=O) groups excluding carboxylic acids is 2. The molecule has 0 aromatic heterocycles. The Morgan fingerprint density at radius 3 is 2.17 bits per heavy atom. The first kappa shape index (κ1) is 18.1. The summed E-state index contributed by atoms with van der Waals surface area (Å²) in [5.74, 6) is -0.733. The van der Waals surface area contributed by atoms with Crippen LogP contribution >= 0.6 is 15.9 Å². The average Bonchev–Trinajstić information content (AvgIpc) is 2.57. The van der Waals surface area contributed by atoms with E-state index in [0.29, 0.717) is 13.0 Å². The minimum Gasteiger partial charge on any atom is -0.354 e. The van der Waals surface area contributed by atoms with Crippen molar-refractivity contribution in [1.29, 1.82) is 0 Å². The molecule has 0 bridgehead atoms. The standard InChI is InChI=1S/C18H18BrFN2O2/c19-15-5-1-14(2-6-15)11-17(23)22-12-18(24)21-10-9-13-3-7-16(20)8-4-13/h1-8H,9-12H2,(H,21,24)(H,22,23). The fraction of sp³-hybridized carbons (Fsp3) is 0.222. The predicted octanol–water partition coefficient (Wildman–Crippen LogP) is 2.61. The first-order valence-electron chi connectivity index (χ1n) is 7.55. The molecule has 2 rings (SSSR count). The van der Waals surface area contributed by atoms with Crippen molar-refractivity contribution in [3.63, 3.8) is 0 Å². The molecule has 126 valence electrons. The maximum atomic E-state index is 12.8. The van der Waals surface area contributed by atoms with Gasteiger partial charge in [0.05, 0.1) is 13.0 Å². The monoisotopic (exact) mass is 392 g/mol. The molecular weight excluding hydrogens is 375 g/mol. The summed E-state index contributed by atoms with van der Waals surface area (Å²) in [7, 11) is 0. The van der Waals surface area contributed by atoms with Crippen LogP contribution in [0.25, 0.3) is 0 Å². The van der Waals surface area contributed by atoms with Gasteiger partial charge in [0, 0.05) is 11.0 Å². The fourth-order valence-electron chi connectivity index (χ4n) is 2.09. The lowest BCUT2D eigenvalue weighted by Gasteiger charge is -2.07. The van der Waals surface area contributed by atoms with Crippen molar-refractivity contribution >= 4 is 27.7 Å². The van der Waals surface area contributed by atoms with Crippen LogP contribution in [0.4, 0.5) is 4.39 Å². The van der Waals surface area contributed by atoms with Gasteiger partial charge < -0.3 is 10.6 Å². The Kier molecular flexibility index (Phi) is 6.93. The van der Waals surface area contributed by atoms with E-state index in [1.54, 1.807) is 12.1 Å². The lowest BCUT2D eigenvalue weighted by atomic mass is 10.1. The fourth-order valence-corrected chi connectivity index (χ4v) is 2.35. The maximum Gasteiger partial charge on any atom is 0.239 e. The van der Waals surface area contributed by atoms with Gasteiger partial charge in [-0.1, -0.05) is 40.2 Å². The van der Waals surface area contributed by atoms with E-state index in [2.05, 4.69) is 26.6 Å². The van der Waals surface area contributed by atoms with E-state index >= 15 is 0 Å².